The van der Waals surface area contributed by atoms with Gasteiger partial charge in [0.15, 0.2) is 16.0 Å². The number of hydrogen-bond acceptors (Lipinski definition) is 15. The summed E-state index contributed by atoms with van der Waals surface area (Å²) in [5.74, 6) is -3.14. The number of hydrogen-bond donors (Lipinski definition) is 4. The van der Waals surface area contributed by atoms with Gasteiger partial charge in [-0.25, -0.2) is 14.8 Å². The number of carbonyl (C=O) groups is 4. The highest BCUT2D eigenvalue weighted by Crippen LogP contribution is 2.41. The number of oxime groups is 1. The van der Waals surface area contributed by atoms with Gasteiger partial charge in [0, 0.05) is 28.1 Å². The van der Waals surface area contributed by atoms with E-state index in [0.29, 0.717) is 11.3 Å². The van der Waals surface area contributed by atoms with Gasteiger partial charge in [0.1, 0.15) is 29.9 Å². The first-order valence-corrected chi connectivity index (χ1v) is 14.8. The summed E-state index contributed by atoms with van der Waals surface area (Å²) in [5.41, 5.74) is 6.52. The third-order valence-corrected chi connectivity index (χ3v) is 8.82. The fourth-order valence-corrected chi connectivity index (χ4v) is 6.95. The molecule has 1 saturated heterocycles. The van der Waals surface area contributed by atoms with Crippen molar-refractivity contribution in [3.8, 4) is 5.88 Å². The van der Waals surface area contributed by atoms with Crippen LogP contribution in [0.15, 0.2) is 27.0 Å². The summed E-state index contributed by atoms with van der Waals surface area (Å²) in [6.07, 6.45) is -0.186. The van der Waals surface area contributed by atoms with Crippen molar-refractivity contribution < 1.29 is 39.0 Å². The molecule has 2 aliphatic heterocycles. The first-order valence-electron chi connectivity index (χ1n) is 11.9. The van der Waals surface area contributed by atoms with Crippen LogP contribution in [0, 0.1) is 6.92 Å². The summed E-state index contributed by atoms with van der Waals surface area (Å²) in [6.45, 7) is 3.48. The number of nitrogen functional groups attached to an aromatic ring is 1. The van der Waals surface area contributed by atoms with Crippen LogP contribution in [0.5, 0.6) is 5.88 Å². The van der Waals surface area contributed by atoms with Gasteiger partial charge in [0.25, 0.3) is 11.8 Å². The first-order chi connectivity index (χ1) is 19.5. The Bertz CT molecular complexity index is 1440. The Morgan fingerprint density at radius 3 is 2.68 bits per heavy atom. The van der Waals surface area contributed by atoms with Gasteiger partial charge in [-0.1, -0.05) is 16.9 Å². The van der Waals surface area contributed by atoms with E-state index in [1.165, 1.54) is 24.3 Å². The molecule has 5 N–H and O–H groups in total. The number of fused-ring (bicyclic) bond motifs is 1. The van der Waals surface area contributed by atoms with Gasteiger partial charge in [0.2, 0.25) is 5.88 Å². The van der Waals surface area contributed by atoms with E-state index in [1.807, 2.05) is 0 Å². The highest BCUT2D eigenvalue weighted by atomic mass is 32.2. The van der Waals surface area contributed by atoms with E-state index >= 15 is 0 Å². The molecular formula is C23H25N7O8S3. The predicted octanol–water partition coefficient (Wildman–Crippen LogP) is 0.516. The van der Waals surface area contributed by atoms with Crippen LogP contribution in [0.3, 0.4) is 0 Å². The quantitative estimate of drug-likeness (QED) is 0.0670. The molecule has 218 valence electrons. The van der Waals surface area contributed by atoms with Gasteiger partial charge < -0.3 is 30.8 Å². The topological polar surface area (TPSA) is 220 Å². The molecular weight excluding hydrogens is 598 g/mol. The van der Waals surface area contributed by atoms with Gasteiger partial charge >= 0.3 is 11.9 Å². The molecule has 18 heteroatoms. The van der Waals surface area contributed by atoms with Gasteiger partial charge in [0.05, 0.1) is 13.0 Å². The highest BCUT2D eigenvalue weighted by Gasteiger charge is 2.54. The molecule has 0 bridgehead atoms. The monoisotopic (exact) mass is 623 g/mol. The van der Waals surface area contributed by atoms with Crippen LogP contribution in [-0.2, 0) is 35.2 Å². The molecule has 2 aromatic rings. The first kappa shape index (κ1) is 30.1. The van der Waals surface area contributed by atoms with Gasteiger partial charge in [-0.3, -0.25) is 19.3 Å². The molecule has 0 spiro atoms. The number of nitrogens with zero attached hydrogens (tertiary/aromatic N) is 5. The second-order valence-electron chi connectivity index (χ2n) is 8.48. The number of nitrogens with two attached hydrogens (primary N) is 1. The predicted molar refractivity (Wildman–Crippen MR) is 149 cm³/mol. The molecule has 4 heterocycles. The summed E-state index contributed by atoms with van der Waals surface area (Å²) in [5, 5.41) is 27.8. The number of thioether (sulfide) groups is 2. The second-order valence-corrected chi connectivity index (χ2v) is 11.4. The minimum Gasteiger partial charge on any atom is -0.493 e. The van der Waals surface area contributed by atoms with Crippen molar-refractivity contribution in [2.75, 3.05) is 31.0 Å². The number of β-lactam (4-membered cyclic amide) rings is 1. The number of aromatic hydroxyl groups is 1. The zero-order chi connectivity index (χ0) is 29.8. The van der Waals surface area contributed by atoms with Gasteiger partial charge in [-0.05, 0) is 19.4 Å². The van der Waals surface area contributed by atoms with Gasteiger partial charge in [-0.2, -0.15) is 4.98 Å². The van der Waals surface area contributed by atoms with Gasteiger partial charge in [-0.15, -0.1) is 23.1 Å². The number of nitrogens with one attached hydrogen (secondary N) is 1. The van der Waals surface area contributed by atoms with E-state index in [1.54, 1.807) is 13.8 Å². The van der Waals surface area contributed by atoms with Crippen LogP contribution in [-0.4, -0.2) is 96.2 Å². The second kappa shape index (κ2) is 12.7. The number of carbonyl (C=O) groups excluding carboxylic acids is 3. The summed E-state index contributed by atoms with van der Waals surface area (Å²) >= 11 is 3.47. The van der Waals surface area contributed by atoms with Crippen molar-refractivity contribution in [3.63, 3.8) is 0 Å². The van der Waals surface area contributed by atoms with Crippen LogP contribution < -0.4 is 11.1 Å². The molecule has 2 atom stereocenters. The van der Waals surface area contributed by atoms with Crippen molar-refractivity contribution in [2.45, 2.75) is 36.8 Å². The lowest BCUT2D eigenvalue weighted by atomic mass is 10.0. The number of aryl methyl sites for hydroxylation is 1. The zero-order valence-electron chi connectivity index (χ0n) is 21.9. The molecule has 4 rings (SSSR count). The SMILES string of the molecule is CCOC(=O)Cc1c(C)nc(SCC2=C(C(=O)O)N3C(=O)[C@@H](NC(=O)C(=NOC)c4csc(N)n4)[C@@H]3SC2)nc1O. The van der Waals surface area contributed by atoms with Crippen molar-refractivity contribution in [1.82, 2.24) is 25.2 Å². The maximum Gasteiger partial charge on any atom is 0.352 e. The van der Waals surface area contributed by atoms with Crippen LogP contribution in [0.1, 0.15) is 23.9 Å². The number of amides is 2. The number of thiazole rings is 1. The van der Waals surface area contributed by atoms with E-state index in [4.69, 9.17) is 15.3 Å². The third kappa shape index (κ3) is 6.38. The van der Waals surface area contributed by atoms with Crippen LogP contribution in [0.4, 0.5) is 5.13 Å². The zero-order valence-corrected chi connectivity index (χ0v) is 24.4. The Morgan fingerprint density at radius 2 is 2.07 bits per heavy atom. The number of carboxylic acid groups (broad SMARTS) is 1. The molecule has 0 saturated carbocycles. The standard InChI is InChI=1S/C23H25N7O8S3/c1-4-38-13(31)5-11-9(2)25-23(28-17(11)32)41-7-10-6-39-20-15(19(34)30(20)16(10)21(35)36)27-18(33)14(29-37-3)12-8-40-22(24)26-12/h8,15,20H,4-7H2,1-3H3,(H2,24,26)(H,27,33)(H,35,36)(H,25,28,32)/t15-,20+/m1/s1. The number of rotatable bonds is 11. The molecule has 2 aromatic heterocycles. The fraction of sp³-hybridized carbons (Fsp3) is 0.391. The third-order valence-electron chi connectivity index (χ3n) is 5.87. The molecule has 15 nitrogen and oxygen atoms in total. The maximum atomic E-state index is 13.0. The summed E-state index contributed by atoms with van der Waals surface area (Å²) < 4.78 is 4.90. The fourth-order valence-electron chi connectivity index (χ4n) is 4.03. The maximum absolute atomic E-state index is 13.0. The summed E-state index contributed by atoms with van der Waals surface area (Å²) in [4.78, 5) is 68.2. The Balaban J connectivity index is 1.46. The Labute approximate surface area is 245 Å². The number of esters is 1. The number of ether oxygens (including phenoxy) is 1. The van der Waals surface area contributed by atoms with Crippen molar-refractivity contribution >= 4 is 69.5 Å². The van der Waals surface area contributed by atoms with Crippen molar-refractivity contribution in [2.24, 2.45) is 5.16 Å². The van der Waals surface area contributed by atoms with Crippen LogP contribution >= 0.6 is 34.9 Å². The largest absolute Gasteiger partial charge is 0.493 e. The average molecular weight is 624 g/mol. The number of aromatic nitrogens is 3. The lowest BCUT2D eigenvalue weighted by molar-refractivity contribution is -0.150. The minimum atomic E-state index is -1.30. The lowest BCUT2D eigenvalue weighted by Crippen LogP contribution is -2.71. The number of aliphatic carboxylic acids is 1. The molecule has 0 aromatic carbocycles. The molecule has 0 unspecified atom stereocenters. The van der Waals surface area contributed by atoms with Crippen LogP contribution in [0.2, 0.25) is 0 Å². The van der Waals surface area contributed by atoms with Crippen molar-refractivity contribution in [1.29, 1.82) is 0 Å². The van der Waals surface area contributed by atoms with E-state index in [-0.39, 0.29) is 63.4 Å². The molecule has 41 heavy (non-hydrogen) atoms. The van der Waals surface area contributed by atoms with E-state index in [2.05, 4.69) is 25.4 Å². The normalized spacial score (nSPS) is 18.5. The lowest BCUT2D eigenvalue weighted by Gasteiger charge is -2.49. The number of carboxylic acids is 1. The Hall–Kier alpha value is -3.90. The van der Waals surface area contributed by atoms with Crippen LogP contribution in [0.25, 0.3) is 0 Å². The Kier molecular flexibility index (Phi) is 9.34. The summed E-state index contributed by atoms with van der Waals surface area (Å²) in [7, 11) is 1.26. The molecule has 2 aliphatic rings. The van der Waals surface area contributed by atoms with Crippen molar-refractivity contribution in [3.05, 3.63) is 33.6 Å². The molecule has 0 radical (unpaired) electrons. The van der Waals surface area contributed by atoms with E-state index < -0.39 is 35.2 Å². The number of anilines is 1. The highest BCUT2D eigenvalue weighted by molar-refractivity contribution is 8.01. The molecule has 1 fully saturated rings. The Morgan fingerprint density at radius 1 is 1.32 bits per heavy atom. The molecule has 2 amide bonds. The summed E-state index contributed by atoms with van der Waals surface area (Å²) in [6, 6.07) is -0.996. The average Bonchev–Trinajstić information content (AvgIpc) is 3.36. The van der Waals surface area contributed by atoms with E-state index in [9.17, 15) is 29.4 Å². The smallest absolute Gasteiger partial charge is 0.352 e. The molecule has 0 aliphatic carbocycles. The van der Waals surface area contributed by atoms with E-state index in [0.717, 1.165) is 28.0 Å². The minimum absolute atomic E-state index is 0.119.